The van der Waals surface area contributed by atoms with E-state index in [0.29, 0.717) is 0 Å². The molecule has 0 amide bonds. The Hall–Kier alpha value is -0.0800. The van der Waals surface area contributed by atoms with Crippen LogP contribution in [-0.4, -0.2) is 18.3 Å². The average molecular weight is 89.1 g/mol. The lowest BCUT2D eigenvalue weighted by Gasteiger charge is -1.95. The lowest BCUT2D eigenvalue weighted by molar-refractivity contribution is 0.111. The van der Waals surface area contributed by atoms with E-state index in [1.165, 1.54) is 0 Å². The highest BCUT2D eigenvalue weighted by atomic mass is 16.3. The van der Waals surface area contributed by atoms with Crippen LogP contribution in [0.2, 0.25) is 0 Å². The second-order valence-electron chi connectivity index (χ2n) is 1.45. The first kappa shape index (κ1) is 5.92. The van der Waals surface area contributed by atoms with E-state index in [9.17, 15) is 5.11 Å². The summed E-state index contributed by atoms with van der Waals surface area (Å²) in [5, 5.41) is 17.8. The third-order valence-corrected chi connectivity index (χ3v) is 0.596. The highest BCUT2D eigenvalue weighted by molar-refractivity contribution is 4.41. The van der Waals surface area contributed by atoms with Crippen molar-refractivity contribution < 1.29 is 10.2 Å². The van der Waals surface area contributed by atoms with Crippen molar-refractivity contribution in [3.63, 3.8) is 0 Å². The van der Waals surface area contributed by atoms with E-state index in [0.717, 1.165) is 0 Å². The molecule has 0 aliphatic rings. The molecule has 1 unspecified atom stereocenters. The summed E-state index contributed by atoms with van der Waals surface area (Å²) in [4.78, 5) is 0. The summed E-state index contributed by atoms with van der Waals surface area (Å²) in [7, 11) is 0. The zero-order valence-corrected chi connectivity index (χ0v) is 3.85. The van der Waals surface area contributed by atoms with Gasteiger partial charge in [-0.15, -0.1) is 0 Å². The molecule has 0 bridgehead atoms. The minimum atomic E-state index is -0.170. The normalized spacial score (nSPS) is 10.0. The SMILES string of the molecule is CC(C[O])CO. The van der Waals surface area contributed by atoms with Gasteiger partial charge < -0.3 is 5.11 Å². The first-order valence-electron chi connectivity index (χ1n) is 2.00. The van der Waals surface area contributed by atoms with Crippen LogP contribution in [0.25, 0.3) is 0 Å². The molecule has 0 saturated heterocycles. The Kier molecular flexibility index (Phi) is 3.08. The van der Waals surface area contributed by atoms with Crippen LogP contribution in [0.1, 0.15) is 6.92 Å². The topological polar surface area (TPSA) is 40.1 Å². The molecular formula is C4H9O2. The van der Waals surface area contributed by atoms with E-state index in [-0.39, 0.29) is 19.1 Å². The molecule has 1 atom stereocenters. The van der Waals surface area contributed by atoms with E-state index >= 15 is 0 Å². The van der Waals surface area contributed by atoms with Crippen molar-refractivity contribution in [3.8, 4) is 0 Å². The van der Waals surface area contributed by atoms with Crippen LogP contribution in [-0.2, 0) is 5.11 Å². The predicted molar refractivity (Wildman–Crippen MR) is 21.8 cm³/mol. The molecule has 0 aromatic carbocycles. The van der Waals surface area contributed by atoms with Crippen LogP contribution in [0.4, 0.5) is 0 Å². The van der Waals surface area contributed by atoms with Gasteiger partial charge in [-0.05, 0) is 0 Å². The van der Waals surface area contributed by atoms with Crippen molar-refractivity contribution in [1.29, 1.82) is 0 Å². The Labute approximate surface area is 37.4 Å². The fourth-order valence-electron chi connectivity index (χ4n) is 0.0527. The Bertz CT molecular complexity index is 24.7. The van der Waals surface area contributed by atoms with Gasteiger partial charge in [-0.1, -0.05) is 6.92 Å². The van der Waals surface area contributed by atoms with E-state index in [1.807, 2.05) is 0 Å². The monoisotopic (exact) mass is 89.1 g/mol. The lowest BCUT2D eigenvalue weighted by atomic mass is 10.2. The molecule has 0 aliphatic heterocycles. The van der Waals surface area contributed by atoms with Gasteiger partial charge >= 0.3 is 0 Å². The molecule has 6 heavy (non-hydrogen) atoms. The van der Waals surface area contributed by atoms with Crippen LogP contribution >= 0.6 is 0 Å². The van der Waals surface area contributed by atoms with Crippen molar-refractivity contribution >= 4 is 0 Å². The summed E-state index contributed by atoms with van der Waals surface area (Å²) in [6.45, 7) is 1.56. The molecule has 0 saturated carbocycles. The second kappa shape index (κ2) is 3.12. The summed E-state index contributed by atoms with van der Waals surface area (Å²) in [5.41, 5.74) is 0. The molecule has 0 fully saturated rings. The van der Waals surface area contributed by atoms with Crippen molar-refractivity contribution in [1.82, 2.24) is 0 Å². The second-order valence-corrected chi connectivity index (χ2v) is 1.45. The fourth-order valence-corrected chi connectivity index (χ4v) is 0.0527. The Morgan fingerprint density at radius 3 is 2.33 bits per heavy atom. The highest BCUT2D eigenvalue weighted by Gasteiger charge is 1.93. The molecule has 0 aliphatic carbocycles. The first-order valence-corrected chi connectivity index (χ1v) is 2.00. The zero-order chi connectivity index (χ0) is 4.99. The summed E-state index contributed by atoms with van der Waals surface area (Å²) < 4.78 is 0. The third kappa shape index (κ3) is 2.18. The smallest absolute Gasteiger partial charge is 0.0869 e. The third-order valence-electron chi connectivity index (χ3n) is 0.596. The molecule has 0 rings (SSSR count). The molecule has 0 aromatic rings. The van der Waals surface area contributed by atoms with Crippen LogP contribution in [0, 0.1) is 5.92 Å². The minimum Gasteiger partial charge on any atom is -0.396 e. The summed E-state index contributed by atoms with van der Waals surface area (Å²) in [5.74, 6) is -0.0648. The molecule has 1 N–H and O–H groups in total. The predicted octanol–water partition coefficient (Wildman–Crippen LogP) is 0.0453. The van der Waals surface area contributed by atoms with Gasteiger partial charge in [0.15, 0.2) is 0 Å². The van der Waals surface area contributed by atoms with Crippen LogP contribution < -0.4 is 0 Å². The molecular weight excluding hydrogens is 80.0 g/mol. The quantitative estimate of drug-likeness (QED) is 0.510. The molecule has 37 valence electrons. The van der Waals surface area contributed by atoms with Gasteiger partial charge in [0.1, 0.15) is 0 Å². The maximum atomic E-state index is 9.70. The number of hydrogen-bond donors (Lipinski definition) is 1. The number of rotatable bonds is 2. The summed E-state index contributed by atoms with van der Waals surface area (Å²) >= 11 is 0. The van der Waals surface area contributed by atoms with Gasteiger partial charge in [-0.3, -0.25) is 0 Å². The van der Waals surface area contributed by atoms with Crippen molar-refractivity contribution in [2.75, 3.05) is 13.2 Å². The van der Waals surface area contributed by atoms with Gasteiger partial charge in [0.05, 0.1) is 6.61 Å². The number of aliphatic hydroxyl groups excluding tert-OH is 1. The van der Waals surface area contributed by atoms with Crippen molar-refractivity contribution in [3.05, 3.63) is 0 Å². The standard InChI is InChI=1S/C4H9O2/c1-4(2-5)3-6/h4-5H,2-3H2,1H3. The van der Waals surface area contributed by atoms with Crippen molar-refractivity contribution in [2.45, 2.75) is 6.92 Å². The largest absolute Gasteiger partial charge is 0.396 e. The van der Waals surface area contributed by atoms with Crippen LogP contribution in [0.3, 0.4) is 0 Å². The van der Waals surface area contributed by atoms with Gasteiger partial charge in [-0.2, -0.15) is 0 Å². The highest BCUT2D eigenvalue weighted by Crippen LogP contribution is 1.86. The summed E-state index contributed by atoms with van der Waals surface area (Å²) in [6.07, 6.45) is 0. The van der Waals surface area contributed by atoms with Gasteiger partial charge in [-0.25, -0.2) is 5.11 Å². The fraction of sp³-hybridized carbons (Fsp3) is 1.00. The molecule has 0 aromatic heterocycles. The Balaban J connectivity index is 2.75. The van der Waals surface area contributed by atoms with E-state index < -0.39 is 0 Å². The van der Waals surface area contributed by atoms with Crippen LogP contribution in [0.15, 0.2) is 0 Å². The maximum Gasteiger partial charge on any atom is 0.0869 e. The number of aliphatic hydroxyl groups is 1. The first-order chi connectivity index (χ1) is 2.81. The van der Waals surface area contributed by atoms with Gasteiger partial charge in [0.2, 0.25) is 0 Å². The Morgan fingerprint density at radius 2 is 2.33 bits per heavy atom. The van der Waals surface area contributed by atoms with E-state index in [1.54, 1.807) is 6.92 Å². The lowest BCUT2D eigenvalue weighted by Crippen LogP contribution is -2.03. The molecule has 0 spiro atoms. The molecule has 2 heteroatoms. The number of hydrogen-bond acceptors (Lipinski definition) is 1. The molecule has 1 radical (unpaired) electrons. The van der Waals surface area contributed by atoms with E-state index in [4.69, 9.17) is 5.11 Å². The van der Waals surface area contributed by atoms with Gasteiger partial charge in [0, 0.05) is 12.5 Å². The van der Waals surface area contributed by atoms with Crippen molar-refractivity contribution in [2.24, 2.45) is 5.92 Å². The summed E-state index contributed by atoms with van der Waals surface area (Å²) in [6, 6.07) is 0. The van der Waals surface area contributed by atoms with Gasteiger partial charge in [0.25, 0.3) is 0 Å². The minimum absolute atomic E-state index is 0.0174. The zero-order valence-electron chi connectivity index (χ0n) is 3.85. The molecule has 2 nitrogen and oxygen atoms in total. The van der Waals surface area contributed by atoms with Crippen LogP contribution in [0.5, 0.6) is 0 Å². The average Bonchev–Trinajstić information content (AvgIpc) is 1.65. The Morgan fingerprint density at radius 1 is 1.83 bits per heavy atom. The van der Waals surface area contributed by atoms with E-state index in [2.05, 4.69) is 0 Å². The molecule has 0 heterocycles. The maximum absolute atomic E-state index is 9.70.